The van der Waals surface area contributed by atoms with Crippen LogP contribution in [0.5, 0.6) is 0 Å². The van der Waals surface area contributed by atoms with Crippen LogP contribution in [0.4, 0.5) is 0 Å². The molecule has 1 aromatic carbocycles. The molecule has 1 fully saturated rings. The first-order chi connectivity index (χ1) is 11.6. The quantitative estimate of drug-likeness (QED) is 0.852. The predicted molar refractivity (Wildman–Crippen MR) is 95.9 cm³/mol. The summed E-state index contributed by atoms with van der Waals surface area (Å²) < 4.78 is 0. The van der Waals surface area contributed by atoms with Crippen molar-refractivity contribution in [3.8, 4) is 0 Å². The molecule has 0 aliphatic carbocycles. The number of carbonyl (C=O) groups is 1. The first kappa shape index (κ1) is 17.0. The van der Waals surface area contributed by atoms with Crippen molar-refractivity contribution in [2.24, 2.45) is 0 Å². The maximum Gasteiger partial charge on any atom is 0.222 e. The van der Waals surface area contributed by atoms with Crippen LogP contribution in [0.15, 0.2) is 30.5 Å². The van der Waals surface area contributed by atoms with Gasteiger partial charge in [-0.25, -0.2) is 0 Å². The zero-order chi connectivity index (χ0) is 16.9. The fourth-order valence-corrected chi connectivity index (χ4v) is 3.48. The van der Waals surface area contributed by atoms with Gasteiger partial charge in [-0.3, -0.25) is 9.69 Å². The molecule has 5 heteroatoms. The van der Waals surface area contributed by atoms with Crippen molar-refractivity contribution in [1.29, 1.82) is 0 Å². The van der Waals surface area contributed by atoms with E-state index < -0.39 is 0 Å². The second kappa shape index (κ2) is 7.81. The molecule has 1 unspecified atom stereocenters. The fourth-order valence-electron chi connectivity index (χ4n) is 3.48. The van der Waals surface area contributed by atoms with Crippen LogP contribution in [0.25, 0.3) is 10.9 Å². The Labute approximate surface area is 143 Å². The van der Waals surface area contributed by atoms with Crippen molar-refractivity contribution in [2.45, 2.75) is 32.3 Å². The van der Waals surface area contributed by atoms with Crippen molar-refractivity contribution >= 4 is 16.8 Å². The van der Waals surface area contributed by atoms with Crippen LogP contribution in [0.1, 0.15) is 25.3 Å². The van der Waals surface area contributed by atoms with Crippen LogP contribution in [0.3, 0.4) is 0 Å². The summed E-state index contributed by atoms with van der Waals surface area (Å²) >= 11 is 0. The number of nitrogens with one attached hydrogen (secondary N) is 1. The van der Waals surface area contributed by atoms with Gasteiger partial charge in [0, 0.05) is 56.2 Å². The summed E-state index contributed by atoms with van der Waals surface area (Å²) in [5.74, 6) is 0.256. The minimum atomic E-state index is -0.302. The van der Waals surface area contributed by atoms with Crippen LogP contribution in [0.2, 0.25) is 0 Å². The van der Waals surface area contributed by atoms with Crippen LogP contribution in [0, 0.1) is 0 Å². The number of para-hydroxylation sites is 1. The van der Waals surface area contributed by atoms with E-state index in [2.05, 4.69) is 34.3 Å². The highest BCUT2D eigenvalue weighted by molar-refractivity contribution is 5.83. The van der Waals surface area contributed by atoms with Crippen molar-refractivity contribution in [3.05, 3.63) is 36.0 Å². The molecule has 1 saturated heterocycles. The number of fused-ring (bicyclic) bond motifs is 1. The number of carbonyl (C=O) groups excluding carboxylic acids is 1. The third kappa shape index (κ3) is 4.16. The summed E-state index contributed by atoms with van der Waals surface area (Å²) in [4.78, 5) is 19.8. The van der Waals surface area contributed by atoms with Crippen molar-refractivity contribution < 1.29 is 9.90 Å². The molecule has 130 valence electrons. The lowest BCUT2D eigenvalue weighted by Crippen LogP contribution is -2.50. The standard InChI is InChI=1S/C19H27N3O2/c1-15(23)14-21-9-11-22(12-10-21)19(24)8-4-5-16-13-20-18-7-3-2-6-17(16)18/h2-3,6-7,13,15,20,23H,4-5,8-12,14H2,1H3. The van der Waals surface area contributed by atoms with Crippen LogP contribution in [-0.2, 0) is 11.2 Å². The van der Waals surface area contributed by atoms with E-state index in [4.69, 9.17) is 0 Å². The number of benzene rings is 1. The molecule has 2 N–H and O–H groups in total. The zero-order valence-electron chi connectivity index (χ0n) is 14.4. The Morgan fingerprint density at radius 2 is 2.00 bits per heavy atom. The SMILES string of the molecule is CC(O)CN1CCN(C(=O)CCCc2c[nH]c3ccccc23)CC1. The van der Waals surface area contributed by atoms with E-state index in [-0.39, 0.29) is 12.0 Å². The molecule has 1 aliphatic rings. The number of hydrogen-bond donors (Lipinski definition) is 2. The molecular weight excluding hydrogens is 302 g/mol. The Kier molecular flexibility index (Phi) is 5.53. The van der Waals surface area contributed by atoms with Gasteiger partial charge in [-0.1, -0.05) is 18.2 Å². The van der Waals surface area contributed by atoms with Crippen molar-refractivity contribution in [1.82, 2.24) is 14.8 Å². The lowest BCUT2D eigenvalue weighted by atomic mass is 10.1. The smallest absolute Gasteiger partial charge is 0.222 e. The molecule has 1 aliphatic heterocycles. The Morgan fingerprint density at radius 3 is 2.75 bits per heavy atom. The number of piperazine rings is 1. The molecule has 5 nitrogen and oxygen atoms in total. The monoisotopic (exact) mass is 329 g/mol. The molecule has 1 aromatic heterocycles. The molecular formula is C19H27N3O2. The third-order valence-electron chi connectivity index (χ3n) is 4.76. The highest BCUT2D eigenvalue weighted by atomic mass is 16.3. The van der Waals surface area contributed by atoms with Gasteiger partial charge in [0.2, 0.25) is 5.91 Å². The molecule has 1 amide bonds. The fraction of sp³-hybridized carbons (Fsp3) is 0.526. The van der Waals surface area contributed by atoms with E-state index >= 15 is 0 Å². The summed E-state index contributed by atoms with van der Waals surface area (Å²) in [6, 6.07) is 8.29. The Hall–Kier alpha value is -1.85. The van der Waals surface area contributed by atoms with Gasteiger partial charge in [0.05, 0.1) is 6.10 Å². The highest BCUT2D eigenvalue weighted by Gasteiger charge is 2.21. The normalized spacial score (nSPS) is 17.3. The number of aromatic nitrogens is 1. The van der Waals surface area contributed by atoms with Gasteiger partial charge >= 0.3 is 0 Å². The van der Waals surface area contributed by atoms with E-state index in [9.17, 15) is 9.90 Å². The average molecular weight is 329 g/mol. The maximum atomic E-state index is 12.4. The Morgan fingerprint density at radius 1 is 1.25 bits per heavy atom. The number of amides is 1. The molecule has 1 atom stereocenters. The number of hydrogen-bond acceptors (Lipinski definition) is 3. The highest BCUT2D eigenvalue weighted by Crippen LogP contribution is 2.19. The van der Waals surface area contributed by atoms with E-state index in [1.54, 1.807) is 0 Å². The number of rotatable bonds is 6. The number of nitrogens with zero attached hydrogens (tertiary/aromatic N) is 2. The lowest BCUT2D eigenvalue weighted by Gasteiger charge is -2.35. The minimum Gasteiger partial charge on any atom is -0.392 e. The molecule has 2 heterocycles. The lowest BCUT2D eigenvalue weighted by molar-refractivity contribution is -0.133. The number of H-pyrrole nitrogens is 1. The van der Waals surface area contributed by atoms with Crippen LogP contribution in [-0.4, -0.2) is 64.6 Å². The summed E-state index contributed by atoms with van der Waals surface area (Å²) in [7, 11) is 0. The summed E-state index contributed by atoms with van der Waals surface area (Å²) in [6.07, 6.45) is 4.18. The summed E-state index contributed by atoms with van der Waals surface area (Å²) in [6.45, 7) is 5.78. The van der Waals surface area contributed by atoms with E-state index in [0.717, 1.165) is 44.5 Å². The molecule has 0 saturated carbocycles. The van der Waals surface area contributed by atoms with Crippen molar-refractivity contribution in [3.63, 3.8) is 0 Å². The van der Waals surface area contributed by atoms with Crippen LogP contribution >= 0.6 is 0 Å². The van der Waals surface area contributed by atoms with Crippen molar-refractivity contribution in [2.75, 3.05) is 32.7 Å². The molecule has 0 spiro atoms. The first-order valence-corrected chi connectivity index (χ1v) is 8.86. The molecule has 24 heavy (non-hydrogen) atoms. The van der Waals surface area contributed by atoms with Gasteiger partial charge in [0.1, 0.15) is 0 Å². The van der Waals surface area contributed by atoms with E-state index in [0.29, 0.717) is 13.0 Å². The van der Waals surface area contributed by atoms with Gasteiger partial charge < -0.3 is 15.0 Å². The van der Waals surface area contributed by atoms with Crippen LogP contribution < -0.4 is 0 Å². The maximum absolute atomic E-state index is 12.4. The number of aryl methyl sites for hydroxylation is 1. The third-order valence-corrected chi connectivity index (χ3v) is 4.76. The van der Waals surface area contributed by atoms with E-state index in [1.807, 2.05) is 17.9 Å². The van der Waals surface area contributed by atoms with Gasteiger partial charge in [-0.2, -0.15) is 0 Å². The Bertz CT molecular complexity index is 672. The number of β-amino-alcohol motifs (C(OH)–C–C–N with tert-alkyl or cyclic N) is 1. The molecule has 0 bridgehead atoms. The number of aliphatic hydroxyl groups excluding tert-OH is 1. The molecule has 2 aromatic rings. The second-order valence-electron chi connectivity index (χ2n) is 6.74. The van der Waals surface area contributed by atoms with Gasteiger partial charge in [0.25, 0.3) is 0 Å². The average Bonchev–Trinajstić information content (AvgIpc) is 2.98. The summed E-state index contributed by atoms with van der Waals surface area (Å²) in [5.41, 5.74) is 2.45. The minimum absolute atomic E-state index is 0.256. The molecule has 3 rings (SSSR count). The number of aliphatic hydroxyl groups is 1. The Balaban J connectivity index is 1.43. The predicted octanol–water partition coefficient (Wildman–Crippen LogP) is 2.02. The first-order valence-electron chi connectivity index (χ1n) is 8.86. The second-order valence-corrected chi connectivity index (χ2v) is 6.74. The van der Waals surface area contributed by atoms with E-state index in [1.165, 1.54) is 10.9 Å². The van der Waals surface area contributed by atoms with Gasteiger partial charge in [-0.15, -0.1) is 0 Å². The van der Waals surface area contributed by atoms with Gasteiger partial charge in [0.15, 0.2) is 0 Å². The molecule has 0 radical (unpaired) electrons. The zero-order valence-corrected chi connectivity index (χ0v) is 14.4. The topological polar surface area (TPSA) is 59.6 Å². The summed E-state index contributed by atoms with van der Waals surface area (Å²) in [5, 5.41) is 10.7. The number of aromatic amines is 1. The largest absolute Gasteiger partial charge is 0.392 e. The van der Waals surface area contributed by atoms with Gasteiger partial charge in [-0.05, 0) is 31.4 Å².